The number of ether oxygens (including phenoxy) is 2. The second kappa shape index (κ2) is 5.27. The average molecular weight is 265 g/mol. The molecule has 0 bridgehead atoms. The molecule has 0 spiro atoms. The van der Waals surface area contributed by atoms with Gasteiger partial charge < -0.3 is 9.47 Å². The maximum Gasteiger partial charge on any atom is 0.364 e. The number of esters is 1. The van der Waals surface area contributed by atoms with E-state index in [4.69, 9.17) is 14.7 Å². The zero-order valence-electron chi connectivity index (χ0n) is 11.4. The van der Waals surface area contributed by atoms with Crippen molar-refractivity contribution in [1.82, 2.24) is 0 Å². The number of alkyl halides is 1. The second-order valence-electron chi connectivity index (χ2n) is 5.00. The highest BCUT2D eigenvalue weighted by atomic mass is 19.1. The van der Waals surface area contributed by atoms with Crippen LogP contribution in [0.15, 0.2) is 24.3 Å². The molecule has 4 nitrogen and oxygen atoms in total. The summed E-state index contributed by atoms with van der Waals surface area (Å²) in [6, 6.07) is 6.98. The van der Waals surface area contributed by atoms with Crippen LogP contribution in [0.5, 0.6) is 5.75 Å². The Hall–Kier alpha value is -2.09. The molecule has 1 rings (SSSR count). The summed E-state index contributed by atoms with van der Waals surface area (Å²) in [5.41, 5.74) is -3.76. The van der Waals surface area contributed by atoms with Gasteiger partial charge in [0, 0.05) is 5.56 Å². The van der Waals surface area contributed by atoms with E-state index in [1.807, 2.05) is 0 Å². The standard InChI is InChI=1S/C14H16FNO3/c1-13(2,3)19-12(17)14(15,9-16)10-5-7-11(18-4)8-6-10/h5-8H,1-4H3/t14-/m0/s1. The van der Waals surface area contributed by atoms with Crippen LogP contribution in [0.4, 0.5) is 4.39 Å². The smallest absolute Gasteiger partial charge is 0.364 e. The Morgan fingerprint density at radius 3 is 2.16 bits per heavy atom. The first-order chi connectivity index (χ1) is 8.73. The van der Waals surface area contributed by atoms with Crippen molar-refractivity contribution in [1.29, 1.82) is 5.26 Å². The SMILES string of the molecule is COc1ccc([C@@](F)(C#N)C(=O)OC(C)(C)C)cc1. The van der Waals surface area contributed by atoms with Crippen molar-refractivity contribution in [2.45, 2.75) is 32.0 Å². The molecular formula is C14H16FNO3. The first-order valence-electron chi connectivity index (χ1n) is 5.71. The largest absolute Gasteiger partial charge is 0.497 e. The van der Waals surface area contributed by atoms with Crippen LogP contribution in [0, 0.1) is 11.3 Å². The third-order valence-corrected chi connectivity index (χ3v) is 2.32. The average Bonchev–Trinajstić information content (AvgIpc) is 2.35. The van der Waals surface area contributed by atoms with E-state index in [2.05, 4.69) is 0 Å². The van der Waals surface area contributed by atoms with Gasteiger partial charge >= 0.3 is 11.6 Å². The molecule has 0 N–H and O–H groups in total. The highest BCUT2D eigenvalue weighted by Gasteiger charge is 2.44. The Labute approximate surface area is 111 Å². The number of hydrogen-bond acceptors (Lipinski definition) is 4. The third-order valence-electron chi connectivity index (χ3n) is 2.32. The predicted molar refractivity (Wildman–Crippen MR) is 67.2 cm³/mol. The van der Waals surface area contributed by atoms with Crippen LogP contribution in [0.1, 0.15) is 26.3 Å². The first-order valence-corrected chi connectivity index (χ1v) is 5.71. The summed E-state index contributed by atoms with van der Waals surface area (Å²) in [4.78, 5) is 11.8. The van der Waals surface area contributed by atoms with Gasteiger partial charge in [0.05, 0.1) is 7.11 Å². The van der Waals surface area contributed by atoms with Gasteiger partial charge in [0.2, 0.25) is 0 Å². The van der Waals surface area contributed by atoms with Crippen LogP contribution in [-0.4, -0.2) is 18.7 Å². The van der Waals surface area contributed by atoms with Crippen molar-refractivity contribution in [3.05, 3.63) is 29.8 Å². The number of halogens is 1. The Morgan fingerprint density at radius 1 is 1.26 bits per heavy atom. The maximum atomic E-state index is 14.5. The fourth-order valence-electron chi connectivity index (χ4n) is 1.40. The highest BCUT2D eigenvalue weighted by molar-refractivity contribution is 5.85. The number of benzene rings is 1. The van der Waals surface area contributed by atoms with Crippen molar-refractivity contribution < 1.29 is 18.7 Å². The molecule has 19 heavy (non-hydrogen) atoms. The minimum Gasteiger partial charge on any atom is -0.497 e. The van der Waals surface area contributed by atoms with Crippen molar-refractivity contribution in [3.8, 4) is 11.8 Å². The summed E-state index contributed by atoms with van der Waals surface area (Å²) in [7, 11) is 1.47. The van der Waals surface area contributed by atoms with Crippen molar-refractivity contribution in [3.63, 3.8) is 0 Å². The summed E-state index contributed by atoms with van der Waals surface area (Å²) >= 11 is 0. The summed E-state index contributed by atoms with van der Waals surface area (Å²) in [5.74, 6) is -0.708. The molecule has 1 atom stereocenters. The lowest BCUT2D eigenvalue weighted by Crippen LogP contribution is -2.37. The van der Waals surface area contributed by atoms with Gasteiger partial charge in [0.25, 0.3) is 0 Å². The zero-order valence-corrected chi connectivity index (χ0v) is 11.4. The number of nitriles is 1. The number of carbonyl (C=O) groups excluding carboxylic acids is 1. The molecule has 0 aliphatic heterocycles. The molecule has 0 fully saturated rings. The lowest BCUT2D eigenvalue weighted by Gasteiger charge is -2.24. The monoisotopic (exact) mass is 265 g/mol. The summed E-state index contributed by atoms with van der Waals surface area (Å²) in [6.45, 7) is 4.82. The van der Waals surface area contributed by atoms with Gasteiger partial charge in [0.1, 0.15) is 17.4 Å². The fraction of sp³-hybridized carbons (Fsp3) is 0.429. The zero-order chi connectivity index (χ0) is 14.7. The van der Waals surface area contributed by atoms with E-state index in [0.29, 0.717) is 5.75 Å². The van der Waals surface area contributed by atoms with Crippen LogP contribution >= 0.6 is 0 Å². The van der Waals surface area contributed by atoms with E-state index in [1.165, 1.54) is 37.4 Å². The Bertz CT molecular complexity index is 499. The molecule has 1 aromatic carbocycles. The Balaban J connectivity index is 3.09. The van der Waals surface area contributed by atoms with Crippen LogP contribution < -0.4 is 4.74 Å². The summed E-state index contributed by atoms with van der Waals surface area (Å²) in [5, 5.41) is 8.98. The molecule has 0 aromatic heterocycles. The number of nitrogens with zero attached hydrogens (tertiary/aromatic N) is 1. The van der Waals surface area contributed by atoms with Crippen LogP contribution in [0.2, 0.25) is 0 Å². The van der Waals surface area contributed by atoms with Crippen LogP contribution in [-0.2, 0) is 15.2 Å². The van der Waals surface area contributed by atoms with Crippen molar-refractivity contribution in [2.24, 2.45) is 0 Å². The van der Waals surface area contributed by atoms with Crippen LogP contribution in [0.25, 0.3) is 0 Å². The summed E-state index contributed by atoms with van der Waals surface area (Å²) < 4.78 is 24.4. The molecule has 5 heteroatoms. The van der Waals surface area contributed by atoms with Gasteiger partial charge in [-0.1, -0.05) is 12.1 Å². The van der Waals surface area contributed by atoms with Gasteiger partial charge in [-0.2, -0.15) is 5.26 Å². The molecule has 0 saturated heterocycles. The normalized spacial score (nSPS) is 14.1. The minimum atomic E-state index is -2.82. The molecule has 0 heterocycles. The minimum absolute atomic E-state index is 0.0787. The molecular weight excluding hydrogens is 249 g/mol. The van der Waals surface area contributed by atoms with E-state index in [9.17, 15) is 9.18 Å². The van der Waals surface area contributed by atoms with E-state index in [0.717, 1.165) is 0 Å². The van der Waals surface area contributed by atoms with Gasteiger partial charge in [-0.15, -0.1) is 0 Å². The maximum absolute atomic E-state index is 14.5. The van der Waals surface area contributed by atoms with E-state index >= 15 is 0 Å². The molecule has 0 aliphatic carbocycles. The number of hydrogen-bond donors (Lipinski definition) is 0. The molecule has 0 unspecified atom stereocenters. The highest BCUT2D eigenvalue weighted by Crippen LogP contribution is 2.30. The number of methoxy groups -OCH3 is 1. The molecule has 1 aromatic rings. The van der Waals surface area contributed by atoms with Gasteiger partial charge in [-0.3, -0.25) is 0 Å². The van der Waals surface area contributed by atoms with Gasteiger partial charge in [0.15, 0.2) is 0 Å². The van der Waals surface area contributed by atoms with E-state index in [-0.39, 0.29) is 5.56 Å². The van der Waals surface area contributed by atoms with Crippen LogP contribution in [0.3, 0.4) is 0 Å². The van der Waals surface area contributed by atoms with E-state index in [1.54, 1.807) is 20.8 Å². The Morgan fingerprint density at radius 2 is 1.79 bits per heavy atom. The lowest BCUT2D eigenvalue weighted by molar-refractivity contribution is -0.166. The predicted octanol–water partition coefficient (Wildman–Crippen LogP) is 2.73. The topological polar surface area (TPSA) is 59.3 Å². The van der Waals surface area contributed by atoms with Crippen molar-refractivity contribution >= 4 is 5.97 Å². The molecule has 0 amide bonds. The molecule has 0 aliphatic rings. The summed E-state index contributed by atoms with van der Waals surface area (Å²) in [6.07, 6.45) is 0. The van der Waals surface area contributed by atoms with E-state index < -0.39 is 17.2 Å². The Kier molecular flexibility index (Phi) is 4.15. The second-order valence-corrected chi connectivity index (χ2v) is 5.00. The lowest BCUT2D eigenvalue weighted by atomic mass is 9.97. The first kappa shape index (κ1) is 15.0. The molecule has 0 saturated carbocycles. The third kappa shape index (κ3) is 3.44. The number of rotatable bonds is 3. The fourth-order valence-corrected chi connectivity index (χ4v) is 1.40. The van der Waals surface area contributed by atoms with Gasteiger partial charge in [-0.05, 0) is 32.9 Å². The van der Waals surface area contributed by atoms with Crippen molar-refractivity contribution in [2.75, 3.05) is 7.11 Å². The molecule has 0 radical (unpaired) electrons. The van der Waals surface area contributed by atoms with Gasteiger partial charge in [-0.25, -0.2) is 9.18 Å². The quantitative estimate of drug-likeness (QED) is 0.788. The number of carbonyl (C=O) groups is 1. The molecule has 102 valence electrons.